The molecule has 0 radical (unpaired) electrons. The molecule has 0 fully saturated rings. The predicted molar refractivity (Wildman–Crippen MR) is 132 cm³/mol. The molecule has 0 aliphatic carbocycles. The quantitative estimate of drug-likeness (QED) is 0.269. The van der Waals surface area contributed by atoms with Gasteiger partial charge in [-0.05, 0) is 0 Å². The summed E-state index contributed by atoms with van der Waals surface area (Å²) in [6, 6.07) is 6.94. The molecule has 0 aliphatic rings. The van der Waals surface area contributed by atoms with Crippen molar-refractivity contribution in [2.45, 2.75) is 101 Å². The average Bonchev–Trinajstić information content (AvgIpc) is 3.37. The Bertz CT molecular complexity index is 849. The number of furan rings is 2. The summed E-state index contributed by atoms with van der Waals surface area (Å²) in [6.07, 6.45) is 3.33. The number of hydrogen-bond acceptors (Lipinski definition) is 6. The molecule has 2 aromatic rings. The van der Waals surface area contributed by atoms with Gasteiger partial charge in [0.2, 0.25) is 0 Å². The van der Waals surface area contributed by atoms with E-state index >= 15 is 0 Å². The van der Waals surface area contributed by atoms with Gasteiger partial charge in [0.05, 0.1) is 0 Å². The van der Waals surface area contributed by atoms with Crippen molar-refractivity contribution in [1.82, 2.24) is 0 Å². The van der Waals surface area contributed by atoms with Crippen molar-refractivity contribution in [1.29, 1.82) is 0 Å². The number of carbonyl (C=O) groups is 2. The minimum absolute atomic E-state index is 0.139. The Kier molecular flexibility index (Phi) is 9.31. The van der Waals surface area contributed by atoms with Gasteiger partial charge in [0.1, 0.15) is 0 Å². The maximum absolute atomic E-state index is 13.6. The molecule has 184 valence electrons. The fraction of sp³-hybridized carbons (Fsp3) is 0.615. The van der Waals surface area contributed by atoms with E-state index in [1.807, 2.05) is 53.7 Å². The monoisotopic (exact) mass is 568 g/mol. The van der Waals surface area contributed by atoms with Gasteiger partial charge in [0, 0.05) is 0 Å². The molecular formula is C26H40O6Sn. The SMILES string of the molecule is CCC[CH2][Sn]([CH2]CCC)([C](=O)Oc1ccc(C(C)(C)C)o1)[C](=O)Oc1ccc(C(C)(C)C)o1. The summed E-state index contributed by atoms with van der Waals surface area (Å²) in [7, 11) is 0. The summed E-state index contributed by atoms with van der Waals surface area (Å²) in [5.74, 6) is 1.72. The summed E-state index contributed by atoms with van der Waals surface area (Å²) in [5.41, 5.74) is -0.420. The van der Waals surface area contributed by atoms with Crippen LogP contribution in [0.2, 0.25) is 8.87 Å². The number of carbonyl (C=O) groups excluding carboxylic acids is 2. The minimum atomic E-state index is -4.29. The van der Waals surface area contributed by atoms with Crippen LogP contribution in [0.25, 0.3) is 0 Å². The van der Waals surface area contributed by atoms with E-state index in [2.05, 4.69) is 13.8 Å². The van der Waals surface area contributed by atoms with Crippen LogP contribution in [0.1, 0.15) is 92.6 Å². The van der Waals surface area contributed by atoms with Crippen molar-refractivity contribution in [2.75, 3.05) is 0 Å². The van der Waals surface area contributed by atoms with Crippen LogP contribution in [0.3, 0.4) is 0 Å². The molecular weight excluding hydrogens is 527 g/mol. The van der Waals surface area contributed by atoms with Crippen LogP contribution in [-0.4, -0.2) is 26.3 Å². The first-order valence-corrected chi connectivity index (χ1v) is 18.9. The van der Waals surface area contributed by atoms with E-state index in [0.717, 1.165) is 37.2 Å². The Morgan fingerprint density at radius 1 is 0.727 bits per heavy atom. The number of hydrogen-bond donors (Lipinski definition) is 0. The molecule has 2 aromatic heterocycles. The second-order valence-electron chi connectivity index (χ2n) is 10.8. The van der Waals surface area contributed by atoms with Crippen LogP contribution in [0.5, 0.6) is 11.9 Å². The van der Waals surface area contributed by atoms with E-state index in [0.29, 0.717) is 8.87 Å². The molecule has 0 amide bonds. The van der Waals surface area contributed by atoms with Crippen LogP contribution in [-0.2, 0) is 10.8 Å². The number of unbranched alkanes of at least 4 members (excludes halogenated alkanes) is 2. The fourth-order valence-corrected chi connectivity index (χ4v) is 14.2. The molecule has 33 heavy (non-hydrogen) atoms. The third-order valence-electron chi connectivity index (χ3n) is 5.72. The van der Waals surface area contributed by atoms with Gasteiger partial charge in [-0.2, -0.15) is 0 Å². The van der Waals surface area contributed by atoms with Gasteiger partial charge in [-0.15, -0.1) is 0 Å². The maximum atomic E-state index is 13.6. The van der Waals surface area contributed by atoms with Crippen molar-refractivity contribution in [3.8, 4) is 11.9 Å². The Balaban J connectivity index is 2.35. The normalized spacial score (nSPS) is 12.6. The van der Waals surface area contributed by atoms with E-state index in [1.165, 1.54) is 0 Å². The van der Waals surface area contributed by atoms with Crippen molar-refractivity contribution in [3.63, 3.8) is 0 Å². The van der Waals surface area contributed by atoms with E-state index in [1.54, 1.807) is 12.1 Å². The molecule has 0 saturated carbocycles. The summed E-state index contributed by atoms with van der Waals surface area (Å²) >= 11 is -4.29. The summed E-state index contributed by atoms with van der Waals surface area (Å²) in [5, 5.41) is 0. The first-order chi connectivity index (χ1) is 15.3. The fourth-order valence-electron chi connectivity index (χ4n) is 3.51. The van der Waals surface area contributed by atoms with Crippen molar-refractivity contribution >= 4 is 26.3 Å². The first kappa shape index (κ1) is 27.5. The van der Waals surface area contributed by atoms with Gasteiger partial charge in [-0.1, -0.05) is 0 Å². The predicted octanol–water partition coefficient (Wildman–Crippen LogP) is 8.38. The molecule has 2 heterocycles. The zero-order chi connectivity index (χ0) is 24.9. The molecule has 6 nitrogen and oxygen atoms in total. The third-order valence-corrected chi connectivity index (χ3v) is 17.7. The second kappa shape index (κ2) is 11.1. The molecule has 0 spiro atoms. The van der Waals surface area contributed by atoms with Gasteiger partial charge < -0.3 is 0 Å². The van der Waals surface area contributed by atoms with Crippen LogP contribution in [0.15, 0.2) is 33.1 Å². The van der Waals surface area contributed by atoms with Gasteiger partial charge in [0.25, 0.3) is 0 Å². The van der Waals surface area contributed by atoms with Crippen LogP contribution in [0.4, 0.5) is 9.59 Å². The van der Waals surface area contributed by atoms with E-state index in [9.17, 15) is 9.59 Å². The summed E-state index contributed by atoms with van der Waals surface area (Å²) in [4.78, 5) is 27.2. The molecule has 0 unspecified atom stereocenters. The Morgan fingerprint density at radius 3 is 1.36 bits per heavy atom. The molecule has 0 bridgehead atoms. The van der Waals surface area contributed by atoms with E-state index in [4.69, 9.17) is 18.3 Å². The number of rotatable bonds is 10. The zero-order valence-corrected chi connectivity index (χ0v) is 24.4. The summed E-state index contributed by atoms with van der Waals surface area (Å²) < 4.78 is 23.2. The molecule has 0 saturated heterocycles. The molecule has 0 aromatic carbocycles. The van der Waals surface area contributed by atoms with Gasteiger partial charge in [-0.25, -0.2) is 0 Å². The summed E-state index contributed by atoms with van der Waals surface area (Å²) in [6.45, 7) is 16.2. The average molecular weight is 567 g/mol. The van der Waals surface area contributed by atoms with Crippen molar-refractivity contribution in [2.24, 2.45) is 0 Å². The van der Waals surface area contributed by atoms with Crippen LogP contribution in [0, 0.1) is 0 Å². The van der Waals surface area contributed by atoms with Gasteiger partial charge >= 0.3 is 203 Å². The van der Waals surface area contributed by atoms with Crippen molar-refractivity contribution < 1.29 is 27.9 Å². The van der Waals surface area contributed by atoms with E-state index in [-0.39, 0.29) is 22.7 Å². The van der Waals surface area contributed by atoms with E-state index < -0.39 is 26.3 Å². The Morgan fingerprint density at radius 2 is 1.09 bits per heavy atom. The molecule has 0 aliphatic heterocycles. The molecule has 0 N–H and O–H groups in total. The third kappa shape index (κ3) is 7.14. The zero-order valence-electron chi connectivity index (χ0n) is 21.5. The van der Waals surface area contributed by atoms with Crippen LogP contribution >= 0.6 is 0 Å². The number of ether oxygens (including phenoxy) is 2. The van der Waals surface area contributed by atoms with Gasteiger partial charge in [0.15, 0.2) is 0 Å². The molecule has 7 heteroatoms. The van der Waals surface area contributed by atoms with Crippen molar-refractivity contribution in [3.05, 3.63) is 35.8 Å². The Hall–Kier alpha value is -1.70. The molecule has 2 rings (SSSR count). The van der Waals surface area contributed by atoms with Crippen LogP contribution < -0.4 is 9.47 Å². The standard InChI is InChI=1S/2C9H11O3.2C4H9.Sn/c2*1-9(2,3)7-4-5-8(12-7)11-6-10;2*1-3-4-2;/h2*4-5H,1-3H3;2*1,3-4H2,2H3;. The topological polar surface area (TPSA) is 78.9 Å². The molecule has 0 atom stereocenters. The van der Waals surface area contributed by atoms with Gasteiger partial charge in [-0.3, -0.25) is 0 Å². The Labute approximate surface area is 202 Å². The first-order valence-electron chi connectivity index (χ1n) is 12.0. The second-order valence-corrected chi connectivity index (χ2v) is 22.2.